The molecule has 0 aliphatic heterocycles. The van der Waals surface area contributed by atoms with Gasteiger partial charge in [0.25, 0.3) is 0 Å². The highest BCUT2D eigenvalue weighted by Gasteiger charge is 2.36. The molecule has 1 heterocycles. The van der Waals surface area contributed by atoms with Gasteiger partial charge in [-0.25, -0.2) is 0 Å². The van der Waals surface area contributed by atoms with Gasteiger partial charge in [-0.2, -0.15) is 13.2 Å². The van der Waals surface area contributed by atoms with Crippen LogP contribution in [0.2, 0.25) is 0 Å². The van der Waals surface area contributed by atoms with Crippen LogP contribution in [0.3, 0.4) is 0 Å². The van der Waals surface area contributed by atoms with E-state index in [1.165, 1.54) is 12.3 Å². The fraction of sp³-hybridized carbons (Fsp3) is 0.286. The summed E-state index contributed by atoms with van der Waals surface area (Å²) in [6.45, 7) is -0.703. The molecule has 0 bridgehead atoms. The summed E-state index contributed by atoms with van der Waals surface area (Å²) < 4.78 is 37.1. The molecule has 0 aliphatic carbocycles. The van der Waals surface area contributed by atoms with Gasteiger partial charge in [0, 0.05) is 9.77 Å². The minimum absolute atomic E-state index is 0.0455. The van der Waals surface area contributed by atoms with E-state index in [4.69, 9.17) is 5.11 Å². The Hall–Kier alpha value is -0.370. The number of rotatable bonds is 1. The smallest absolute Gasteiger partial charge is 0.390 e. The second-order valence-corrected chi connectivity index (χ2v) is 3.43. The summed E-state index contributed by atoms with van der Waals surface area (Å²) in [7, 11) is 0. The van der Waals surface area contributed by atoms with Gasteiger partial charge in [0.1, 0.15) is 0 Å². The normalized spacial score (nSPS) is 11.8. The van der Waals surface area contributed by atoms with Gasteiger partial charge < -0.3 is 5.11 Å². The molecule has 0 saturated carbocycles. The Bertz CT molecular complexity index is 313. The highest BCUT2D eigenvalue weighted by atomic mass is 127. The number of nitrogens with zero attached hydrogens (tertiary/aromatic N) is 1. The Balaban J connectivity index is 3.32. The summed E-state index contributed by atoms with van der Waals surface area (Å²) in [6, 6.07) is 1.25. The van der Waals surface area contributed by atoms with Crippen LogP contribution in [0.1, 0.15) is 11.3 Å². The van der Waals surface area contributed by atoms with E-state index in [1.807, 2.05) is 0 Å². The zero-order valence-corrected chi connectivity index (χ0v) is 8.43. The zero-order valence-electron chi connectivity index (χ0n) is 6.27. The lowest BCUT2D eigenvalue weighted by Crippen LogP contribution is -2.13. The van der Waals surface area contributed by atoms with E-state index in [2.05, 4.69) is 4.98 Å². The molecular weight excluding hydrogens is 298 g/mol. The van der Waals surface area contributed by atoms with Gasteiger partial charge in [-0.3, -0.25) is 4.98 Å². The van der Waals surface area contributed by atoms with Crippen LogP contribution >= 0.6 is 22.6 Å². The van der Waals surface area contributed by atoms with Crippen molar-refractivity contribution in [1.82, 2.24) is 4.98 Å². The van der Waals surface area contributed by atoms with Crippen molar-refractivity contribution in [2.24, 2.45) is 0 Å². The SMILES string of the molecule is OCc1nccc(I)c1C(F)(F)F. The molecule has 2 nitrogen and oxygen atoms in total. The van der Waals surface area contributed by atoms with Crippen molar-refractivity contribution in [2.75, 3.05) is 0 Å². The van der Waals surface area contributed by atoms with Gasteiger partial charge in [-0.1, -0.05) is 0 Å². The minimum Gasteiger partial charge on any atom is -0.390 e. The Morgan fingerprint density at radius 3 is 2.46 bits per heavy atom. The number of hydrogen-bond acceptors (Lipinski definition) is 2. The van der Waals surface area contributed by atoms with Crippen molar-refractivity contribution in [1.29, 1.82) is 0 Å². The second kappa shape index (κ2) is 3.79. The monoisotopic (exact) mass is 303 g/mol. The van der Waals surface area contributed by atoms with Crippen molar-refractivity contribution in [2.45, 2.75) is 12.8 Å². The van der Waals surface area contributed by atoms with E-state index < -0.39 is 18.3 Å². The number of pyridine rings is 1. The Kier molecular flexibility index (Phi) is 3.12. The van der Waals surface area contributed by atoms with Crippen molar-refractivity contribution >= 4 is 22.6 Å². The molecule has 0 fully saturated rings. The third-order valence-electron chi connectivity index (χ3n) is 1.41. The summed E-state index contributed by atoms with van der Waals surface area (Å²) in [4.78, 5) is 3.45. The number of hydrogen-bond donors (Lipinski definition) is 1. The Morgan fingerprint density at radius 2 is 2.08 bits per heavy atom. The quantitative estimate of drug-likeness (QED) is 0.807. The van der Waals surface area contributed by atoms with Crippen LogP contribution in [0.15, 0.2) is 12.3 Å². The summed E-state index contributed by atoms with van der Waals surface area (Å²) in [5.74, 6) is 0. The third kappa shape index (κ3) is 2.31. The van der Waals surface area contributed by atoms with Crippen LogP contribution in [0.25, 0.3) is 0 Å². The molecule has 0 atom stereocenters. The second-order valence-electron chi connectivity index (χ2n) is 2.27. The number of halogens is 4. The van der Waals surface area contributed by atoms with Gasteiger partial charge in [0.15, 0.2) is 0 Å². The first-order chi connectivity index (χ1) is 5.96. The molecule has 72 valence electrons. The predicted molar refractivity (Wildman–Crippen MR) is 47.9 cm³/mol. The molecular formula is C7H5F3INO. The first-order valence-electron chi connectivity index (χ1n) is 3.28. The molecule has 0 radical (unpaired) electrons. The van der Waals surface area contributed by atoms with E-state index in [9.17, 15) is 13.2 Å². The molecule has 0 aromatic carbocycles. The first-order valence-corrected chi connectivity index (χ1v) is 4.36. The molecule has 0 spiro atoms. The molecule has 13 heavy (non-hydrogen) atoms. The number of aromatic nitrogens is 1. The van der Waals surface area contributed by atoms with Gasteiger partial charge in [-0.05, 0) is 28.7 Å². The fourth-order valence-electron chi connectivity index (χ4n) is 0.897. The van der Waals surface area contributed by atoms with Crippen LogP contribution in [0.5, 0.6) is 0 Å². The van der Waals surface area contributed by atoms with Crippen molar-refractivity contribution < 1.29 is 18.3 Å². The van der Waals surface area contributed by atoms with Crippen LogP contribution in [-0.2, 0) is 12.8 Å². The van der Waals surface area contributed by atoms with Crippen molar-refractivity contribution in [3.63, 3.8) is 0 Å². The highest BCUT2D eigenvalue weighted by molar-refractivity contribution is 14.1. The average molecular weight is 303 g/mol. The topological polar surface area (TPSA) is 33.1 Å². The third-order valence-corrected chi connectivity index (χ3v) is 2.31. The van der Waals surface area contributed by atoms with Gasteiger partial charge in [0.05, 0.1) is 17.9 Å². The standard InChI is InChI=1S/C7H5F3INO/c8-7(9,10)6-4(11)1-2-12-5(6)3-13/h1-2,13H,3H2. The molecule has 6 heteroatoms. The highest BCUT2D eigenvalue weighted by Crippen LogP contribution is 2.34. The number of alkyl halides is 3. The summed E-state index contributed by atoms with van der Waals surface area (Å²) >= 11 is 1.56. The van der Waals surface area contributed by atoms with Crippen LogP contribution in [0, 0.1) is 3.57 Å². The Labute approximate surface area is 85.9 Å². The summed E-state index contributed by atoms with van der Waals surface area (Å²) in [6.07, 6.45) is -3.22. The maximum absolute atomic E-state index is 12.3. The molecule has 0 unspecified atom stereocenters. The van der Waals surface area contributed by atoms with Gasteiger partial charge >= 0.3 is 6.18 Å². The molecule has 1 N–H and O–H groups in total. The lowest BCUT2D eigenvalue weighted by Gasteiger charge is -2.11. The average Bonchev–Trinajstić information content (AvgIpc) is 2.01. The van der Waals surface area contributed by atoms with Crippen molar-refractivity contribution in [3.05, 3.63) is 27.1 Å². The maximum atomic E-state index is 12.3. The van der Waals surface area contributed by atoms with Crippen molar-refractivity contribution in [3.8, 4) is 0 Å². The van der Waals surface area contributed by atoms with Gasteiger partial charge in [-0.15, -0.1) is 0 Å². The molecule has 1 aromatic heterocycles. The minimum atomic E-state index is -4.46. The Morgan fingerprint density at radius 1 is 1.46 bits per heavy atom. The largest absolute Gasteiger partial charge is 0.419 e. The lowest BCUT2D eigenvalue weighted by molar-refractivity contribution is -0.139. The number of aliphatic hydroxyl groups excluding tert-OH is 1. The molecule has 0 aliphatic rings. The van der Waals surface area contributed by atoms with E-state index in [-0.39, 0.29) is 9.26 Å². The van der Waals surface area contributed by atoms with E-state index in [0.717, 1.165) is 0 Å². The molecule has 1 aromatic rings. The molecule has 0 amide bonds. The van der Waals surface area contributed by atoms with E-state index >= 15 is 0 Å². The number of aliphatic hydroxyl groups is 1. The predicted octanol–water partition coefficient (Wildman–Crippen LogP) is 2.20. The van der Waals surface area contributed by atoms with Crippen LogP contribution in [-0.4, -0.2) is 10.1 Å². The van der Waals surface area contributed by atoms with Crippen LogP contribution < -0.4 is 0 Å². The van der Waals surface area contributed by atoms with Crippen LogP contribution in [0.4, 0.5) is 13.2 Å². The summed E-state index contributed by atoms with van der Waals surface area (Å²) in [5, 5.41) is 8.64. The maximum Gasteiger partial charge on any atom is 0.419 e. The molecule has 0 saturated heterocycles. The first kappa shape index (κ1) is 10.7. The lowest BCUT2D eigenvalue weighted by atomic mass is 10.2. The zero-order chi connectivity index (χ0) is 10.1. The van der Waals surface area contributed by atoms with E-state index in [1.54, 1.807) is 22.6 Å². The molecule has 1 rings (SSSR count). The van der Waals surface area contributed by atoms with E-state index in [0.29, 0.717) is 0 Å². The van der Waals surface area contributed by atoms with Gasteiger partial charge in [0.2, 0.25) is 0 Å². The summed E-state index contributed by atoms with van der Waals surface area (Å²) in [5.41, 5.74) is -1.18. The fourth-order valence-corrected chi connectivity index (χ4v) is 1.68.